The number of para-hydroxylation sites is 2. The molecule has 1 aromatic rings. The highest BCUT2D eigenvalue weighted by Crippen LogP contribution is 2.19. The van der Waals surface area contributed by atoms with Gasteiger partial charge in [-0.05, 0) is 25.5 Å². The maximum Gasteiger partial charge on any atom is 0.215 e. The smallest absolute Gasteiger partial charge is 0.215 e. The fraction of sp³-hybridized carbons (Fsp3) is 0.571. The molecule has 0 saturated carbocycles. The third kappa shape index (κ3) is 6.79. The van der Waals surface area contributed by atoms with E-state index in [1.807, 2.05) is 6.92 Å². The molecule has 0 aliphatic carbocycles. The Kier molecular flexibility index (Phi) is 6.44. The number of nitrogen functional groups attached to an aromatic ring is 1. The van der Waals surface area contributed by atoms with E-state index in [0.717, 1.165) is 6.42 Å². The van der Waals surface area contributed by atoms with E-state index < -0.39 is 15.6 Å². The number of hydrogen-bond acceptors (Lipinski definition) is 5. The van der Waals surface area contributed by atoms with Crippen LogP contribution in [-0.2, 0) is 10.0 Å². The van der Waals surface area contributed by atoms with Gasteiger partial charge in [0.2, 0.25) is 10.0 Å². The molecule has 1 unspecified atom stereocenters. The van der Waals surface area contributed by atoms with Crippen LogP contribution in [0.25, 0.3) is 0 Å². The monoisotopic (exact) mass is 316 g/mol. The van der Waals surface area contributed by atoms with Crippen molar-refractivity contribution in [3.05, 3.63) is 24.3 Å². The van der Waals surface area contributed by atoms with Crippen molar-refractivity contribution in [2.75, 3.05) is 24.6 Å². The van der Waals surface area contributed by atoms with Gasteiger partial charge in [0.15, 0.2) is 0 Å². The zero-order valence-electron chi connectivity index (χ0n) is 12.5. The average molecular weight is 316 g/mol. The van der Waals surface area contributed by atoms with Gasteiger partial charge >= 0.3 is 0 Å². The van der Waals surface area contributed by atoms with E-state index in [4.69, 9.17) is 10.5 Å². The van der Waals surface area contributed by atoms with Crippen LogP contribution in [0, 0.1) is 0 Å². The quantitative estimate of drug-likeness (QED) is 0.593. The minimum atomic E-state index is -3.49. The van der Waals surface area contributed by atoms with Crippen molar-refractivity contribution in [2.45, 2.75) is 32.3 Å². The first-order valence-corrected chi connectivity index (χ1v) is 8.58. The maximum absolute atomic E-state index is 11.8. The molecule has 0 bridgehead atoms. The summed E-state index contributed by atoms with van der Waals surface area (Å²) in [4.78, 5) is 0. The number of nitrogens with one attached hydrogen (secondary N) is 1. The lowest BCUT2D eigenvalue weighted by molar-refractivity contribution is 0.0554. The molecule has 0 aliphatic heterocycles. The molecule has 0 heterocycles. The predicted molar refractivity (Wildman–Crippen MR) is 83.7 cm³/mol. The number of aliphatic hydroxyl groups is 1. The van der Waals surface area contributed by atoms with Gasteiger partial charge < -0.3 is 15.6 Å². The van der Waals surface area contributed by atoms with E-state index >= 15 is 0 Å². The zero-order valence-corrected chi connectivity index (χ0v) is 13.3. The number of nitrogens with two attached hydrogens (primary N) is 1. The summed E-state index contributed by atoms with van der Waals surface area (Å²) in [7, 11) is -3.49. The normalized spacial score (nSPS) is 14.6. The van der Waals surface area contributed by atoms with Crippen LogP contribution in [0.3, 0.4) is 0 Å². The van der Waals surface area contributed by atoms with Gasteiger partial charge in [0.05, 0.1) is 17.0 Å². The highest BCUT2D eigenvalue weighted by atomic mass is 32.2. The lowest BCUT2D eigenvalue weighted by atomic mass is 10.0. The van der Waals surface area contributed by atoms with Gasteiger partial charge in [-0.2, -0.15) is 0 Å². The van der Waals surface area contributed by atoms with Gasteiger partial charge in [-0.1, -0.05) is 25.5 Å². The Balaban J connectivity index is 2.42. The molecule has 7 heteroatoms. The Labute approximate surface area is 126 Å². The minimum absolute atomic E-state index is 0.000528. The summed E-state index contributed by atoms with van der Waals surface area (Å²) in [5.74, 6) is 0.273. The number of sulfonamides is 1. The molecule has 21 heavy (non-hydrogen) atoms. The van der Waals surface area contributed by atoms with Gasteiger partial charge in [0.1, 0.15) is 12.4 Å². The molecule has 0 aliphatic rings. The summed E-state index contributed by atoms with van der Waals surface area (Å²) in [6, 6.07) is 6.90. The van der Waals surface area contributed by atoms with Crippen LogP contribution < -0.4 is 15.2 Å². The van der Waals surface area contributed by atoms with Crippen molar-refractivity contribution in [3.8, 4) is 5.75 Å². The highest BCUT2D eigenvalue weighted by molar-refractivity contribution is 7.89. The van der Waals surface area contributed by atoms with Crippen LogP contribution in [0.5, 0.6) is 5.75 Å². The minimum Gasteiger partial charge on any atom is -0.490 e. The lowest BCUT2D eigenvalue weighted by Gasteiger charge is -2.22. The first-order chi connectivity index (χ1) is 9.76. The molecule has 0 fully saturated rings. The van der Waals surface area contributed by atoms with Crippen LogP contribution in [0.1, 0.15) is 26.7 Å². The van der Waals surface area contributed by atoms with Crippen molar-refractivity contribution in [1.29, 1.82) is 0 Å². The third-order valence-corrected chi connectivity index (χ3v) is 4.28. The number of hydrogen-bond donors (Lipinski definition) is 3. The van der Waals surface area contributed by atoms with Gasteiger partial charge in [-0.25, -0.2) is 13.1 Å². The molecule has 0 saturated heterocycles. The summed E-state index contributed by atoms with van der Waals surface area (Å²) >= 11 is 0. The second-order valence-electron chi connectivity index (χ2n) is 5.27. The van der Waals surface area contributed by atoms with Crippen LogP contribution >= 0.6 is 0 Å². The number of rotatable bonds is 9. The molecule has 1 aromatic carbocycles. The van der Waals surface area contributed by atoms with E-state index in [-0.39, 0.29) is 18.9 Å². The Bertz CT molecular complexity index is 544. The van der Waals surface area contributed by atoms with Gasteiger partial charge in [0, 0.05) is 6.54 Å². The number of anilines is 1. The summed E-state index contributed by atoms with van der Waals surface area (Å²) < 4.78 is 31.4. The summed E-state index contributed by atoms with van der Waals surface area (Å²) in [5.41, 5.74) is 5.13. The van der Waals surface area contributed by atoms with E-state index in [1.54, 1.807) is 31.2 Å². The van der Waals surface area contributed by atoms with Gasteiger partial charge in [0.25, 0.3) is 0 Å². The largest absolute Gasteiger partial charge is 0.490 e. The fourth-order valence-corrected chi connectivity index (χ4v) is 2.82. The number of ether oxygens (including phenoxy) is 1. The molecule has 0 aromatic heterocycles. The molecule has 4 N–H and O–H groups in total. The second kappa shape index (κ2) is 7.63. The SMILES string of the molecule is CCCC(C)(O)CNS(=O)(=O)CCOc1ccccc1N. The van der Waals surface area contributed by atoms with E-state index in [9.17, 15) is 13.5 Å². The van der Waals surface area contributed by atoms with Crippen molar-refractivity contribution in [2.24, 2.45) is 0 Å². The van der Waals surface area contributed by atoms with E-state index in [0.29, 0.717) is 17.9 Å². The summed E-state index contributed by atoms with van der Waals surface area (Å²) in [6.07, 6.45) is 1.32. The molecule has 6 nitrogen and oxygen atoms in total. The van der Waals surface area contributed by atoms with Crippen molar-refractivity contribution < 1.29 is 18.3 Å². The van der Waals surface area contributed by atoms with Crippen molar-refractivity contribution in [1.82, 2.24) is 4.72 Å². The van der Waals surface area contributed by atoms with Gasteiger partial charge in [-0.15, -0.1) is 0 Å². The predicted octanol–water partition coefficient (Wildman–Crippen LogP) is 1.12. The first kappa shape index (κ1) is 17.7. The van der Waals surface area contributed by atoms with Crippen LogP contribution in [-0.4, -0.2) is 38.0 Å². The fourth-order valence-electron chi connectivity index (χ4n) is 1.84. The Morgan fingerprint density at radius 1 is 1.38 bits per heavy atom. The maximum atomic E-state index is 11.8. The first-order valence-electron chi connectivity index (χ1n) is 6.93. The zero-order chi connectivity index (χ0) is 15.9. The molecular formula is C14H24N2O4S. The molecule has 1 atom stereocenters. The van der Waals surface area contributed by atoms with Gasteiger partial charge in [-0.3, -0.25) is 0 Å². The molecule has 0 radical (unpaired) electrons. The third-order valence-electron chi connectivity index (χ3n) is 2.99. The Hall–Kier alpha value is -1.31. The lowest BCUT2D eigenvalue weighted by Crippen LogP contribution is -2.41. The Morgan fingerprint density at radius 2 is 2.05 bits per heavy atom. The van der Waals surface area contributed by atoms with E-state index in [1.165, 1.54) is 0 Å². The number of benzene rings is 1. The topological polar surface area (TPSA) is 102 Å². The molecule has 1 rings (SSSR count). The molecular weight excluding hydrogens is 292 g/mol. The highest BCUT2D eigenvalue weighted by Gasteiger charge is 2.22. The standard InChI is InChI=1S/C14H24N2O4S/c1-3-8-14(2,17)11-16-21(18,19)10-9-20-13-7-5-4-6-12(13)15/h4-7,16-17H,3,8-11,15H2,1-2H3. The van der Waals surface area contributed by atoms with Crippen molar-refractivity contribution >= 4 is 15.7 Å². The van der Waals surface area contributed by atoms with Crippen LogP contribution in [0.4, 0.5) is 5.69 Å². The molecule has 0 spiro atoms. The van der Waals surface area contributed by atoms with Crippen LogP contribution in [0.15, 0.2) is 24.3 Å². The second-order valence-corrected chi connectivity index (χ2v) is 7.20. The summed E-state index contributed by atoms with van der Waals surface area (Å²) in [6.45, 7) is 3.54. The van der Waals surface area contributed by atoms with Crippen molar-refractivity contribution in [3.63, 3.8) is 0 Å². The van der Waals surface area contributed by atoms with Crippen LogP contribution in [0.2, 0.25) is 0 Å². The molecule has 0 amide bonds. The van der Waals surface area contributed by atoms with E-state index in [2.05, 4.69) is 4.72 Å². The summed E-state index contributed by atoms with van der Waals surface area (Å²) in [5, 5.41) is 9.94. The Morgan fingerprint density at radius 3 is 2.67 bits per heavy atom. The average Bonchev–Trinajstić information content (AvgIpc) is 2.39. The molecule has 120 valence electrons.